The third kappa shape index (κ3) is 4.02. The van der Waals surface area contributed by atoms with E-state index in [1.54, 1.807) is 0 Å². The third-order valence-electron chi connectivity index (χ3n) is 2.82. The first-order chi connectivity index (χ1) is 8.69. The molecule has 0 aromatic heterocycles. The smallest absolute Gasteiger partial charge is 0.310 e. The number of halogens is 1. The fraction of sp³-hybridized carbons (Fsp3) is 0.500. The Bertz CT molecular complexity index is 427. The number of benzene rings is 1. The molecular formula is C14H17BrO3. The van der Waals surface area contributed by atoms with Crippen LogP contribution in [-0.4, -0.2) is 19.2 Å². The molecule has 1 saturated carbocycles. The lowest BCUT2D eigenvalue weighted by Crippen LogP contribution is -2.07. The van der Waals surface area contributed by atoms with Crippen LogP contribution < -0.4 is 4.74 Å². The average Bonchev–Trinajstić information content (AvgIpc) is 3.12. The minimum atomic E-state index is -0.198. The highest BCUT2D eigenvalue weighted by atomic mass is 79.9. The fourth-order valence-corrected chi connectivity index (χ4v) is 2.18. The fourth-order valence-electron chi connectivity index (χ4n) is 1.64. The van der Waals surface area contributed by atoms with Gasteiger partial charge in [0.15, 0.2) is 0 Å². The van der Waals surface area contributed by atoms with E-state index >= 15 is 0 Å². The maximum Gasteiger partial charge on any atom is 0.310 e. The van der Waals surface area contributed by atoms with Gasteiger partial charge < -0.3 is 9.47 Å². The largest absolute Gasteiger partial charge is 0.492 e. The summed E-state index contributed by atoms with van der Waals surface area (Å²) in [6.45, 7) is 3.01. The maximum atomic E-state index is 11.4. The number of ether oxygens (including phenoxy) is 2. The molecule has 0 radical (unpaired) electrons. The van der Waals surface area contributed by atoms with Crippen molar-refractivity contribution in [1.29, 1.82) is 0 Å². The summed E-state index contributed by atoms with van der Waals surface area (Å²) in [5, 5.41) is 0. The van der Waals surface area contributed by atoms with Gasteiger partial charge in [0.25, 0.3) is 0 Å². The van der Waals surface area contributed by atoms with E-state index in [4.69, 9.17) is 9.47 Å². The van der Waals surface area contributed by atoms with E-state index in [9.17, 15) is 4.79 Å². The molecule has 0 bridgehead atoms. The molecule has 4 heteroatoms. The van der Waals surface area contributed by atoms with E-state index in [1.807, 2.05) is 25.1 Å². The minimum absolute atomic E-state index is 0.198. The Morgan fingerprint density at radius 1 is 1.44 bits per heavy atom. The Hall–Kier alpha value is -1.03. The maximum absolute atomic E-state index is 11.4. The van der Waals surface area contributed by atoms with Crippen LogP contribution in [0.3, 0.4) is 0 Å². The summed E-state index contributed by atoms with van der Waals surface area (Å²) in [4.78, 5) is 11.4. The third-order valence-corrected chi connectivity index (χ3v) is 3.44. The highest BCUT2D eigenvalue weighted by Crippen LogP contribution is 2.32. The Kier molecular flexibility index (Phi) is 4.64. The molecule has 0 unspecified atom stereocenters. The van der Waals surface area contributed by atoms with Crippen molar-refractivity contribution in [2.24, 2.45) is 5.92 Å². The van der Waals surface area contributed by atoms with Gasteiger partial charge in [-0.05, 0) is 59.3 Å². The Morgan fingerprint density at radius 3 is 2.83 bits per heavy atom. The van der Waals surface area contributed by atoms with Gasteiger partial charge in [0, 0.05) is 0 Å². The van der Waals surface area contributed by atoms with Crippen LogP contribution in [-0.2, 0) is 16.0 Å². The van der Waals surface area contributed by atoms with Gasteiger partial charge in [-0.15, -0.1) is 0 Å². The molecule has 1 fully saturated rings. The second kappa shape index (κ2) is 6.23. The van der Waals surface area contributed by atoms with Crippen molar-refractivity contribution in [1.82, 2.24) is 0 Å². The summed E-state index contributed by atoms with van der Waals surface area (Å²) in [6, 6.07) is 5.73. The van der Waals surface area contributed by atoms with Gasteiger partial charge in [-0.3, -0.25) is 4.79 Å². The first-order valence-corrected chi connectivity index (χ1v) is 7.05. The SMILES string of the molecule is CCOC(=O)Cc1ccc(OCC2CC2)c(Br)c1. The molecule has 18 heavy (non-hydrogen) atoms. The summed E-state index contributed by atoms with van der Waals surface area (Å²) in [5.74, 6) is 1.38. The van der Waals surface area contributed by atoms with Crippen LogP contribution in [0.15, 0.2) is 22.7 Å². The van der Waals surface area contributed by atoms with Crippen molar-refractivity contribution in [3.05, 3.63) is 28.2 Å². The summed E-state index contributed by atoms with van der Waals surface area (Å²) in [7, 11) is 0. The lowest BCUT2D eigenvalue weighted by atomic mass is 10.1. The number of carbonyl (C=O) groups excluding carboxylic acids is 1. The van der Waals surface area contributed by atoms with Crippen molar-refractivity contribution < 1.29 is 14.3 Å². The first-order valence-electron chi connectivity index (χ1n) is 6.26. The van der Waals surface area contributed by atoms with Crippen LogP contribution in [0.5, 0.6) is 5.75 Å². The number of rotatable bonds is 6. The molecule has 1 aromatic rings. The van der Waals surface area contributed by atoms with Gasteiger partial charge in [0.05, 0.1) is 24.1 Å². The molecule has 1 aliphatic carbocycles. The van der Waals surface area contributed by atoms with Crippen molar-refractivity contribution >= 4 is 21.9 Å². The molecule has 0 amide bonds. The Labute approximate surface area is 116 Å². The molecule has 98 valence electrons. The van der Waals surface area contributed by atoms with E-state index in [0.717, 1.165) is 28.3 Å². The van der Waals surface area contributed by atoms with Crippen LogP contribution >= 0.6 is 15.9 Å². The molecule has 0 saturated heterocycles. The summed E-state index contributed by atoms with van der Waals surface area (Å²) in [6.07, 6.45) is 2.85. The van der Waals surface area contributed by atoms with E-state index in [1.165, 1.54) is 12.8 Å². The van der Waals surface area contributed by atoms with Crippen LogP contribution in [0.2, 0.25) is 0 Å². The zero-order valence-electron chi connectivity index (χ0n) is 10.4. The Morgan fingerprint density at radius 2 is 2.22 bits per heavy atom. The highest BCUT2D eigenvalue weighted by molar-refractivity contribution is 9.10. The molecule has 0 N–H and O–H groups in total. The lowest BCUT2D eigenvalue weighted by molar-refractivity contribution is -0.142. The topological polar surface area (TPSA) is 35.5 Å². The van der Waals surface area contributed by atoms with Gasteiger partial charge in [-0.1, -0.05) is 6.07 Å². The van der Waals surface area contributed by atoms with Gasteiger partial charge in [0.2, 0.25) is 0 Å². The second-order valence-electron chi connectivity index (χ2n) is 4.50. The van der Waals surface area contributed by atoms with Crippen molar-refractivity contribution in [3.8, 4) is 5.75 Å². The normalized spacial score (nSPS) is 14.3. The minimum Gasteiger partial charge on any atom is -0.492 e. The van der Waals surface area contributed by atoms with Crippen molar-refractivity contribution in [2.75, 3.05) is 13.2 Å². The number of hydrogen-bond donors (Lipinski definition) is 0. The number of hydrogen-bond acceptors (Lipinski definition) is 3. The zero-order valence-corrected chi connectivity index (χ0v) is 12.0. The van der Waals surface area contributed by atoms with Gasteiger partial charge in [0.1, 0.15) is 5.75 Å². The molecule has 1 aliphatic rings. The summed E-state index contributed by atoms with van der Waals surface area (Å²) in [5.41, 5.74) is 0.930. The molecule has 3 nitrogen and oxygen atoms in total. The van der Waals surface area contributed by atoms with Gasteiger partial charge in [-0.25, -0.2) is 0 Å². The first kappa shape index (κ1) is 13.4. The van der Waals surface area contributed by atoms with E-state index in [0.29, 0.717) is 13.0 Å². The molecular weight excluding hydrogens is 296 g/mol. The predicted molar refractivity (Wildman–Crippen MR) is 72.7 cm³/mol. The van der Waals surface area contributed by atoms with Crippen LogP contribution in [0.1, 0.15) is 25.3 Å². The summed E-state index contributed by atoms with van der Waals surface area (Å²) >= 11 is 3.47. The van der Waals surface area contributed by atoms with E-state index in [2.05, 4.69) is 15.9 Å². The van der Waals surface area contributed by atoms with Crippen molar-refractivity contribution in [3.63, 3.8) is 0 Å². The molecule has 0 heterocycles. The quantitative estimate of drug-likeness (QED) is 0.756. The molecule has 1 aromatic carbocycles. The highest BCUT2D eigenvalue weighted by Gasteiger charge is 2.22. The second-order valence-corrected chi connectivity index (χ2v) is 5.36. The van der Waals surface area contributed by atoms with Crippen LogP contribution in [0.25, 0.3) is 0 Å². The van der Waals surface area contributed by atoms with Crippen molar-refractivity contribution in [2.45, 2.75) is 26.2 Å². The number of esters is 1. The zero-order chi connectivity index (χ0) is 13.0. The molecule has 0 spiro atoms. The lowest BCUT2D eigenvalue weighted by Gasteiger charge is -2.09. The van der Waals surface area contributed by atoms with Gasteiger partial charge in [-0.2, -0.15) is 0 Å². The predicted octanol–water partition coefficient (Wildman–Crippen LogP) is 3.34. The summed E-state index contributed by atoms with van der Waals surface area (Å²) < 4.78 is 11.5. The van der Waals surface area contributed by atoms with E-state index in [-0.39, 0.29) is 5.97 Å². The monoisotopic (exact) mass is 312 g/mol. The molecule has 0 atom stereocenters. The average molecular weight is 313 g/mol. The molecule has 0 aliphatic heterocycles. The van der Waals surface area contributed by atoms with Crippen LogP contribution in [0, 0.1) is 5.92 Å². The Balaban J connectivity index is 1.92. The van der Waals surface area contributed by atoms with Crippen LogP contribution in [0.4, 0.5) is 0 Å². The standard InChI is InChI=1S/C14H17BrO3/c1-2-17-14(16)8-11-5-6-13(12(15)7-11)18-9-10-3-4-10/h5-7,10H,2-4,8-9H2,1H3. The number of carbonyl (C=O) groups is 1. The molecule has 2 rings (SSSR count). The van der Waals surface area contributed by atoms with Gasteiger partial charge >= 0.3 is 5.97 Å². The van der Waals surface area contributed by atoms with E-state index < -0.39 is 0 Å².